The van der Waals surface area contributed by atoms with Crippen molar-refractivity contribution in [2.75, 3.05) is 32.8 Å². The zero-order valence-corrected chi connectivity index (χ0v) is 18.4. The highest BCUT2D eigenvalue weighted by Gasteiger charge is 2.30. The number of carbonyl (C=O) groups excluding carboxylic acids is 3. The van der Waals surface area contributed by atoms with Crippen LogP contribution in [0.3, 0.4) is 0 Å². The number of carboxylic acid groups (broad SMARTS) is 1. The van der Waals surface area contributed by atoms with Crippen LogP contribution in [-0.4, -0.2) is 72.8 Å². The summed E-state index contributed by atoms with van der Waals surface area (Å²) in [5.74, 6) is -1.30. The number of carboxylic acids is 1. The second-order valence-corrected chi connectivity index (χ2v) is 8.35. The highest BCUT2D eigenvalue weighted by Crippen LogP contribution is 2.21. The molecule has 2 atom stereocenters. The molecular formula is C21H36N4O6. The lowest BCUT2D eigenvalue weighted by Gasteiger charge is -2.33. The molecule has 0 aromatic carbocycles. The predicted molar refractivity (Wildman–Crippen MR) is 113 cm³/mol. The first-order valence-electron chi connectivity index (χ1n) is 11.3. The Morgan fingerprint density at radius 3 is 2.58 bits per heavy atom. The summed E-state index contributed by atoms with van der Waals surface area (Å²) in [6.45, 7) is 5.00. The maximum absolute atomic E-state index is 12.7. The van der Waals surface area contributed by atoms with Gasteiger partial charge in [0.15, 0.2) is 0 Å². The highest BCUT2D eigenvalue weighted by molar-refractivity contribution is 5.82. The molecule has 31 heavy (non-hydrogen) atoms. The minimum Gasteiger partial charge on any atom is -0.481 e. The molecule has 2 heterocycles. The molecule has 4 N–H and O–H groups in total. The summed E-state index contributed by atoms with van der Waals surface area (Å²) in [5.41, 5.74) is 0. The molecule has 2 rings (SSSR count). The van der Waals surface area contributed by atoms with Gasteiger partial charge >= 0.3 is 12.1 Å². The molecule has 0 radical (unpaired) electrons. The zero-order chi connectivity index (χ0) is 22.6. The van der Waals surface area contributed by atoms with Crippen molar-refractivity contribution in [2.24, 2.45) is 11.8 Å². The van der Waals surface area contributed by atoms with E-state index in [-0.39, 0.29) is 18.4 Å². The molecule has 10 nitrogen and oxygen atoms in total. The van der Waals surface area contributed by atoms with Gasteiger partial charge in [0.1, 0.15) is 6.17 Å². The zero-order valence-electron chi connectivity index (χ0n) is 18.4. The number of rotatable bonds is 10. The number of likely N-dealkylation sites (tertiary alicyclic amines) is 1. The van der Waals surface area contributed by atoms with Crippen LogP contribution in [0.15, 0.2) is 0 Å². The lowest BCUT2D eigenvalue weighted by Crippen LogP contribution is -2.53. The van der Waals surface area contributed by atoms with E-state index in [0.29, 0.717) is 44.7 Å². The van der Waals surface area contributed by atoms with Crippen LogP contribution in [0.25, 0.3) is 0 Å². The van der Waals surface area contributed by atoms with Gasteiger partial charge in [0.2, 0.25) is 11.8 Å². The number of aliphatic carboxylic acids is 1. The van der Waals surface area contributed by atoms with E-state index in [2.05, 4.69) is 16.0 Å². The molecule has 3 amide bonds. The van der Waals surface area contributed by atoms with E-state index in [9.17, 15) is 19.2 Å². The number of alkyl carbamates (subject to hydrolysis) is 1. The van der Waals surface area contributed by atoms with Crippen LogP contribution in [0.4, 0.5) is 4.79 Å². The minimum absolute atomic E-state index is 0.0689. The van der Waals surface area contributed by atoms with Gasteiger partial charge < -0.3 is 30.7 Å². The first kappa shape index (κ1) is 24.9. The van der Waals surface area contributed by atoms with Crippen molar-refractivity contribution in [1.82, 2.24) is 20.9 Å². The van der Waals surface area contributed by atoms with Crippen LogP contribution >= 0.6 is 0 Å². The normalized spacial score (nSPS) is 20.5. The fourth-order valence-electron chi connectivity index (χ4n) is 4.05. The molecule has 2 aliphatic rings. The molecule has 0 aromatic heterocycles. The molecule has 2 fully saturated rings. The van der Waals surface area contributed by atoms with E-state index >= 15 is 0 Å². The molecule has 0 bridgehead atoms. The average molecular weight is 441 g/mol. The number of nitrogens with one attached hydrogen (secondary N) is 3. The maximum atomic E-state index is 12.7. The smallest absolute Gasteiger partial charge is 0.408 e. The third-order valence-electron chi connectivity index (χ3n) is 5.79. The second-order valence-electron chi connectivity index (χ2n) is 8.35. The summed E-state index contributed by atoms with van der Waals surface area (Å²) in [4.78, 5) is 50.0. The van der Waals surface area contributed by atoms with Crippen molar-refractivity contribution < 1.29 is 29.0 Å². The Hall–Kier alpha value is -2.36. The first-order chi connectivity index (χ1) is 14.9. The molecule has 2 aliphatic heterocycles. The van der Waals surface area contributed by atoms with Gasteiger partial charge in [-0.2, -0.15) is 0 Å². The van der Waals surface area contributed by atoms with Crippen molar-refractivity contribution in [1.29, 1.82) is 0 Å². The summed E-state index contributed by atoms with van der Waals surface area (Å²) in [7, 11) is 0. The van der Waals surface area contributed by atoms with E-state index in [1.807, 2.05) is 6.92 Å². The Morgan fingerprint density at radius 1 is 1.16 bits per heavy atom. The SMILES string of the molecule is CCCOC(=O)N[C@@H](CC(=O)O)NC(=O)[C@@H]1CCCN(C(=O)CCC2CCNCC2)C1. The van der Waals surface area contributed by atoms with Gasteiger partial charge in [0.25, 0.3) is 0 Å². The summed E-state index contributed by atoms with van der Waals surface area (Å²) in [6, 6.07) is 0. The van der Waals surface area contributed by atoms with Crippen LogP contribution in [-0.2, 0) is 19.1 Å². The van der Waals surface area contributed by atoms with Crippen LogP contribution in [0.1, 0.15) is 58.3 Å². The van der Waals surface area contributed by atoms with Gasteiger partial charge in [0.05, 0.1) is 18.9 Å². The largest absolute Gasteiger partial charge is 0.481 e. The summed E-state index contributed by atoms with van der Waals surface area (Å²) in [6.07, 6.45) is 3.21. The Bertz CT molecular complexity index is 623. The molecule has 2 saturated heterocycles. The summed E-state index contributed by atoms with van der Waals surface area (Å²) < 4.78 is 4.90. The van der Waals surface area contributed by atoms with E-state index < -0.39 is 30.6 Å². The van der Waals surface area contributed by atoms with Gasteiger partial charge in [-0.3, -0.25) is 14.4 Å². The number of nitrogens with zero attached hydrogens (tertiary/aromatic N) is 1. The Balaban J connectivity index is 1.83. The summed E-state index contributed by atoms with van der Waals surface area (Å²) in [5, 5.41) is 17.4. The van der Waals surface area contributed by atoms with Gasteiger partial charge in [-0.1, -0.05) is 6.92 Å². The molecule has 0 aromatic rings. The van der Waals surface area contributed by atoms with Crippen molar-refractivity contribution in [2.45, 2.75) is 64.5 Å². The Morgan fingerprint density at radius 2 is 1.90 bits per heavy atom. The van der Waals surface area contributed by atoms with Gasteiger partial charge in [-0.25, -0.2) is 4.79 Å². The van der Waals surface area contributed by atoms with Gasteiger partial charge in [0, 0.05) is 19.5 Å². The fourth-order valence-corrected chi connectivity index (χ4v) is 4.05. The monoisotopic (exact) mass is 440 g/mol. The predicted octanol–water partition coefficient (Wildman–Crippen LogP) is 1.06. The van der Waals surface area contributed by atoms with Gasteiger partial charge in [-0.05, 0) is 57.5 Å². The number of amides is 3. The molecule has 0 spiro atoms. The molecule has 0 unspecified atom stereocenters. The van der Waals surface area contributed by atoms with Crippen LogP contribution in [0, 0.1) is 11.8 Å². The van der Waals surface area contributed by atoms with Crippen LogP contribution in [0.5, 0.6) is 0 Å². The third-order valence-corrected chi connectivity index (χ3v) is 5.79. The van der Waals surface area contributed by atoms with E-state index in [1.54, 1.807) is 4.90 Å². The number of piperidine rings is 2. The lowest BCUT2D eigenvalue weighted by molar-refractivity contribution is -0.138. The topological polar surface area (TPSA) is 137 Å². The molecule has 176 valence electrons. The van der Waals surface area contributed by atoms with E-state index in [0.717, 1.165) is 32.4 Å². The van der Waals surface area contributed by atoms with Crippen LogP contribution in [0.2, 0.25) is 0 Å². The minimum atomic E-state index is -1.15. The number of hydrogen-bond donors (Lipinski definition) is 4. The number of hydrogen-bond acceptors (Lipinski definition) is 6. The first-order valence-corrected chi connectivity index (χ1v) is 11.3. The molecular weight excluding hydrogens is 404 g/mol. The van der Waals surface area contributed by atoms with E-state index in [4.69, 9.17) is 9.84 Å². The van der Waals surface area contributed by atoms with Crippen LogP contribution < -0.4 is 16.0 Å². The van der Waals surface area contributed by atoms with Gasteiger partial charge in [-0.15, -0.1) is 0 Å². The standard InChI is InChI=1S/C21H36N4O6/c1-2-12-31-21(30)24-17(13-19(27)28)23-20(29)16-4-3-11-25(14-16)18(26)6-5-15-7-9-22-10-8-15/h15-17,22H,2-14H2,1H3,(H,23,29)(H,24,30)(H,27,28)/t16-,17+/m1/s1. The lowest BCUT2D eigenvalue weighted by atomic mass is 9.92. The van der Waals surface area contributed by atoms with Crippen molar-refractivity contribution >= 4 is 23.9 Å². The third kappa shape index (κ3) is 9.12. The average Bonchev–Trinajstić information content (AvgIpc) is 2.76. The van der Waals surface area contributed by atoms with Crippen molar-refractivity contribution in [3.05, 3.63) is 0 Å². The number of carbonyl (C=O) groups is 4. The Labute approximate surface area is 183 Å². The van der Waals surface area contributed by atoms with E-state index in [1.165, 1.54) is 0 Å². The number of ether oxygens (including phenoxy) is 1. The quantitative estimate of drug-likeness (QED) is 0.373. The molecule has 10 heteroatoms. The fraction of sp³-hybridized carbons (Fsp3) is 0.810. The molecule has 0 saturated carbocycles. The highest BCUT2D eigenvalue weighted by atomic mass is 16.5. The Kier molecular flexibility index (Phi) is 10.6. The second kappa shape index (κ2) is 13.1. The molecule has 0 aliphatic carbocycles. The van der Waals surface area contributed by atoms with Crippen molar-refractivity contribution in [3.8, 4) is 0 Å². The maximum Gasteiger partial charge on any atom is 0.408 e. The summed E-state index contributed by atoms with van der Waals surface area (Å²) >= 11 is 0. The van der Waals surface area contributed by atoms with Crippen molar-refractivity contribution in [3.63, 3.8) is 0 Å².